The maximum atomic E-state index is 13.5. The summed E-state index contributed by atoms with van der Waals surface area (Å²) >= 11 is 0. The Kier molecular flexibility index (Phi) is 5.87. The quantitative estimate of drug-likeness (QED) is 0.815. The van der Waals surface area contributed by atoms with Crippen LogP contribution in [0.4, 0.5) is 13.2 Å². The van der Waals surface area contributed by atoms with Crippen LogP contribution in [-0.4, -0.2) is 46.8 Å². The van der Waals surface area contributed by atoms with Gasteiger partial charge in [-0.1, -0.05) is 18.7 Å². The van der Waals surface area contributed by atoms with Crippen molar-refractivity contribution < 1.29 is 22.8 Å². The Hall–Kier alpha value is -3.67. The van der Waals surface area contributed by atoms with Crippen LogP contribution in [0.1, 0.15) is 27.9 Å². The maximum absolute atomic E-state index is 13.5. The molecule has 1 aliphatic heterocycles. The van der Waals surface area contributed by atoms with Gasteiger partial charge in [-0.25, -0.2) is 13.2 Å². The van der Waals surface area contributed by atoms with Gasteiger partial charge < -0.3 is 10.2 Å². The third kappa shape index (κ3) is 4.49. The lowest BCUT2D eigenvalue weighted by Gasteiger charge is -2.19. The first-order chi connectivity index (χ1) is 14.2. The van der Waals surface area contributed by atoms with Crippen LogP contribution in [0, 0.1) is 17.1 Å². The maximum Gasteiger partial charge on any atom is 0.268 e. The molecule has 1 aliphatic rings. The van der Waals surface area contributed by atoms with E-state index in [1.54, 1.807) is 6.07 Å². The lowest BCUT2D eigenvalue weighted by Crippen LogP contribution is -2.43. The zero-order valence-electron chi connectivity index (χ0n) is 15.7. The summed E-state index contributed by atoms with van der Waals surface area (Å²) in [5.41, 5.74) is 1.53. The predicted octanol–water partition coefficient (Wildman–Crippen LogP) is 2.77. The Labute approximate surface area is 170 Å². The van der Waals surface area contributed by atoms with Gasteiger partial charge >= 0.3 is 0 Å². The van der Waals surface area contributed by atoms with E-state index in [9.17, 15) is 22.8 Å². The first-order valence-electron chi connectivity index (χ1n) is 8.96. The van der Waals surface area contributed by atoms with Gasteiger partial charge in [0.1, 0.15) is 11.9 Å². The van der Waals surface area contributed by atoms with Crippen LogP contribution < -0.4 is 5.32 Å². The van der Waals surface area contributed by atoms with E-state index in [0.717, 1.165) is 4.90 Å². The molecule has 0 spiro atoms. The van der Waals surface area contributed by atoms with E-state index in [0.29, 0.717) is 16.7 Å². The molecule has 1 atom stereocenters. The highest BCUT2D eigenvalue weighted by Crippen LogP contribution is 2.31. The van der Waals surface area contributed by atoms with Gasteiger partial charge in [-0.3, -0.25) is 14.6 Å². The average Bonchev–Trinajstić information content (AvgIpc) is 3.06. The zero-order valence-corrected chi connectivity index (χ0v) is 15.7. The summed E-state index contributed by atoms with van der Waals surface area (Å²) in [6.07, 6.45) is 2.06. The number of rotatable bonds is 5. The number of hydrogen-bond donors (Lipinski definition) is 1. The minimum Gasteiger partial charge on any atom is -0.343 e. The molecule has 154 valence electrons. The highest BCUT2D eigenvalue weighted by Gasteiger charge is 2.47. The highest BCUT2D eigenvalue weighted by atomic mass is 19.3. The van der Waals surface area contributed by atoms with Crippen molar-refractivity contribution in [3.05, 3.63) is 71.8 Å². The number of aromatic nitrogens is 1. The Balaban J connectivity index is 1.72. The van der Waals surface area contributed by atoms with Crippen molar-refractivity contribution in [2.75, 3.05) is 13.1 Å². The topological polar surface area (TPSA) is 86.1 Å². The lowest BCUT2D eigenvalue weighted by atomic mass is 9.96. The molecule has 2 heterocycles. The van der Waals surface area contributed by atoms with Gasteiger partial charge in [0, 0.05) is 24.4 Å². The van der Waals surface area contributed by atoms with Crippen LogP contribution in [0.15, 0.2) is 49.3 Å². The molecular formula is C21H17F3N4O2. The first kappa shape index (κ1) is 21.0. The number of halogens is 3. The third-order valence-corrected chi connectivity index (χ3v) is 4.72. The molecule has 0 aliphatic carbocycles. The van der Waals surface area contributed by atoms with Gasteiger partial charge in [0.15, 0.2) is 0 Å². The van der Waals surface area contributed by atoms with E-state index < -0.39 is 49.1 Å². The minimum absolute atomic E-state index is 0.163. The summed E-state index contributed by atoms with van der Waals surface area (Å²) in [6, 6.07) is 7.39. The van der Waals surface area contributed by atoms with Crippen LogP contribution in [0.5, 0.6) is 0 Å². The fourth-order valence-corrected chi connectivity index (χ4v) is 3.19. The molecule has 3 rings (SSSR count). The molecule has 6 nitrogen and oxygen atoms in total. The monoisotopic (exact) mass is 414 g/mol. The van der Waals surface area contributed by atoms with Crippen molar-refractivity contribution in [1.82, 2.24) is 15.2 Å². The Morgan fingerprint density at radius 3 is 2.63 bits per heavy atom. The Morgan fingerprint density at radius 1 is 1.27 bits per heavy atom. The summed E-state index contributed by atoms with van der Waals surface area (Å²) < 4.78 is 40.2. The van der Waals surface area contributed by atoms with Gasteiger partial charge in [0.05, 0.1) is 24.7 Å². The molecule has 1 saturated heterocycles. The number of nitrogens with one attached hydrogen (secondary N) is 1. The molecule has 1 aromatic heterocycles. The number of pyridine rings is 1. The molecule has 1 N–H and O–H groups in total. The number of amides is 2. The number of hydrogen-bond acceptors (Lipinski definition) is 4. The van der Waals surface area contributed by atoms with Crippen molar-refractivity contribution in [2.24, 2.45) is 0 Å². The number of carbonyl (C=O) groups excluding carboxylic acids is 2. The summed E-state index contributed by atoms with van der Waals surface area (Å²) in [5.74, 6) is -4.97. The predicted molar refractivity (Wildman–Crippen MR) is 102 cm³/mol. The second-order valence-corrected chi connectivity index (χ2v) is 6.82. The third-order valence-electron chi connectivity index (χ3n) is 4.72. The van der Waals surface area contributed by atoms with Gasteiger partial charge in [-0.05, 0) is 29.3 Å². The summed E-state index contributed by atoms with van der Waals surface area (Å²) in [4.78, 5) is 29.6. The molecule has 2 aromatic rings. The summed E-state index contributed by atoms with van der Waals surface area (Å²) in [5, 5.41) is 11.4. The van der Waals surface area contributed by atoms with Crippen LogP contribution in [0.25, 0.3) is 5.57 Å². The van der Waals surface area contributed by atoms with E-state index in [-0.39, 0.29) is 5.56 Å². The van der Waals surface area contributed by atoms with E-state index in [1.165, 1.54) is 42.7 Å². The van der Waals surface area contributed by atoms with Crippen molar-refractivity contribution in [3.8, 4) is 6.07 Å². The van der Waals surface area contributed by atoms with E-state index in [2.05, 4.69) is 16.9 Å². The van der Waals surface area contributed by atoms with Gasteiger partial charge in [0.2, 0.25) is 5.91 Å². The number of alkyl halides is 2. The number of carbonyl (C=O) groups is 2. The zero-order chi connectivity index (χ0) is 21.9. The molecule has 0 bridgehead atoms. The van der Waals surface area contributed by atoms with E-state index >= 15 is 0 Å². The van der Waals surface area contributed by atoms with Gasteiger partial charge in [-0.15, -0.1) is 0 Å². The Bertz CT molecular complexity index is 1030. The SMILES string of the molecule is C=C(c1ccc(F)cc1)c1cnccc1C(=O)NCC(=O)N1CC(F)(F)CC1C#N. The molecular weight excluding hydrogens is 397 g/mol. The molecule has 1 fully saturated rings. The van der Waals surface area contributed by atoms with E-state index in [4.69, 9.17) is 5.26 Å². The molecule has 9 heteroatoms. The lowest BCUT2D eigenvalue weighted by molar-refractivity contribution is -0.131. The van der Waals surface area contributed by atoms with Crippen molar-refractivity contribution >= 4 is 17.4 Å². The van der Waals surface area contributed by atoms with Crippen molar-refractivity contribution in [1.29, 1.82) is 5.26 Å². The van der Waals surface area contributed by atoms with Crippen LogP contribution in [0.3, 0.4) is 0 Å². The largest absolute Gasteiger partial charge is 0.343 e. The number of nitrogens with zero attached hydrogens (tertiary/aromatic N) is 3. The Morgan fingerprint density at radius 2 is 1.97 bits per heavy atom. The molecule has 1 unspecified atom stereocenters. The van der Waals surface area contributed by atoms with Crippen LogP contribution >= 0.6 is 0 Å². The summed E-state index contributed by atoms with van der Waals surface area (Å²) in [7, 11) is 0. The molecule has 0 saturated carbocycles. The second kappa shape index (κ2) is 8.37. The van der Waals surface area contributed by atoms with Gasteiger partial charge in [0.25, 0.3) is 11.8 Å². The first-order valence-corrected chi connectivity index (χ1v) is 8.96. The number of nitriles is 1. The normalized spacial score (nSPS) is 17.3. The highest BCUT2D eigenvalue weighted by molar-refractivity contribution is 6.01. The van der Waals surface area contributed by atoms with Gasteiger partial charge in [-0.2, -0.15) is 5.26 Å². The van der Waals surface area contributed by atoms with Crippen LogP contribution in [-0.2, 0) is 4.79 Å². The molecule has 0 radical (unpaired) electrons. The van der Waals surface area contributed by atoms with E-state index in [1.807, 2.05) is 0 Å². The molecule has 1 aromatic carbocycles. The molecule has 2 amide bonds. The minimum atomic E-state index is -3.13. The van der Waals surface area contributed by atoms with Crippen molar-refractivity contribution in [3.63, 3.8) is 0 Å². The molecule has 30 heavy (non-hydrogen) atoms. The standard InChI is InChI=1S/C21H17F3N4O2/c1-13(14-2-4-15(22)5-3-14)18-10-26-7-6-17(18)20(30)27-11-19(29)28-12-21(23,24)8-16(28)9-25/h2-7,10,16H,1,8,11-12H2,(H,27,30). The average molecular weight is 414 g/mol. The number of likely N-dealkylation sites (tertiary alicyclic amines) is 1. The smallest absolute Gasteiger partial charge is 0.268 e. The van der Waals surface area contributed by atoms with Crippen LogP contribution in [0.2, 0.25) is 0 Å². The fraction of sp³-hybridized carbons (Fsp3) is 0.238. The fourth-order valence-electron chi connectivity index (χ4n) is 3.19. The number of benzene rings is 1. The summed E-state index contributed by atoms with van der Waals surface area (Å²) in [6.45, 7) is 2.52. The second-order valence-electron chi connectivity index (χ2n) is 6.82. The van der Waals surface area contributed by atoms with Crippen molar-refractivity contribution in [2.45, 2.75) is 18.4 Å².